The summed E-state index contributed by atoms with van der Waals surface area (Å²) >= 11 is 0. The third kappa shape index (κ3) is 1.45. The number of aromatic nitrogens is 1. The minimum atomic E-state index is 0.704. The van der Waals surface area contributed by atoms with Crippen molar-refractivity contribution in [2.45, 2.75) is 6.92 Å². The maximum absolute atomic E-state index is 5.11. The minimum Gasteiger partial charge on any atom is -0.423 e. The van der Waals surface area contributed by atoms with Gasteiger partial charge in [0.25, 0.3) is 0 Å². The van der Waals surface area contributed by atoms with Gasteiger partial charge < -0.3 is 5.23 Å². The number of aryl methyl sites for hydroxylation is 1. The first-order chi connectivity index (χ1) is 4.33. The molecule has 0 saturated heterocycles. The van der Waals surface area contributed by atoms with Gasteiger partial charge in [0.05, 0.1) is 0 Å². The lowest BCUT2D eigenvalue weighted by atomic mass is 10.3. The van der Waals surface area contributed by atoms with Gasteiger partial charge in [0.1, 0.15) is 5.82 Å². The van der Waals surface area contributed by atoms with E-state index in [1.54, 1.807) is 6.20 Å². The van der Waals surface area contributed by atoms with E-state index in [-0.39, 0.29) is 0 Å². The average Bonchev–Trinajstić information content (AvgIpc) is 1.88. The Hall–Kier alpha value is -0.985. The van der Waals surface area contributed by atoms with Crippen molar-refractivity contribution in [2.24, 2.45) is 0 Å². The van der Waals surface area contributed by atoms with Crippen LogP contribution in [0.2, 0.25) is 0 Å². The summed E-state index contributed by atoms with van der Waals surface area (Å²) < 4.78 is 0. The highest BCUT2D eigenvalue weighted by Crippen LogP contribution is 2.02. The SMILES string of the molecule is [B]Nc1cc(C)ccn1. The molecule has 0 aliphatic heterocycles. The van der Waals surface area contributed by atoms with Crippen LogP contribution in [0.4, 0.5) is 5.82 Å². The number of anilines is 1. The third-order valence-corrected chi connectivity index (χ3v) is 1.06. The summed E-state index contributed by atoms with van der Waals surface area (Å²) in [7, 11) is 5.11. The van der Waals surface area contributed by atoms with Gasteiger partial charge in [-0.3, -0.25) is 0 Å². The Kier molecular flexibility index (Phi) is 1.73. The first kappa shape index (κ1) is 6.14. The molecule has 0 aromatic carbocycles. The molecule has 44 valence electrons. The molecular formula is C6H7BN2. The molecule has 1 aromatic heterocycles. The van der Waals surface area contributed by atoms with Crippen molar-refractivity contribution < 1.29 is 0 Å². The highest BCUT2D eigenvalue weighted by atomic mass is 14.9. The van der Waals surface area contributed by atoms with E-state index < -0.39 is 0 Å². The number of rotatable bonds is 1. The molecule has 9 heavy (non-hydrogen) atoms. The van der Waals surface area contributed by atoms with Gasteiger partial charge in [-0.15, -0.1) is 0 Å². The van der Waals surface area contributed by atoms with Crippen molar-refractivity contribution in [2.75, 3.05) is 5.23 Å². The summed E-state index contributed by atoms with van der Waals surface area (Å²) in [6.07, 6.45) is 1.71. The van der Waals surface area contributed by atoms with Crippen molar-refractivity contribution in [1.82, 2.24) is 4.98 Å². The molecule has 0 atom stereocenters. The van der Waals surface area contributed by atoms with E-state index in [4.69, 9.17) is 7.98 Å². The third-order valence-electron chi connectivity index (χ3n) is 1.06. The lowest BCUT2D eigenvalue weighted by molar-refractivity contribution is 1.29. The second-order valence-corrected chi connectivity index (χ2v) is 1.86. The fourth-order valence-electron chi connectivity index (χ4n) is 0.615. The van der Waals surface area contributed by atoms with Crippen LogP contribution in [-0.4, -0.2) is 13.0 Å². The Bertz CT molecular complexity index is 200. The molecule has 2 radical (unpaired) electrons. The predicted molar refractivity (Wildman–Crippen MR) is 38.4 cm³/mol. The molecule has 1 heterocycles. The topological polar surface area (TPSA) is 24.9 Å². The number of hydrogen-bond acceptors (Lipinski definition) is 2. The van der Waals surface area contributed by atoms with Crippen LogP contribution < -0.4 is 5.23 Å². The van der Waals surface area contributed by atoms with E-state index in [0.717, 1.165) is 5.56 Å². The Morgan fingerprint density at radius 2 is 2.44 bits per heavy atom. The maximum atomic E-state index is 5.11. The van der Waals surface area contributed by atoms with Crippen LogP contribution >= 0.6 is 0 Å². The number of pyridine rings is 1. The van der Waals surface area contributed by atoms with Crippen LogP contribution in [0.3, 0.4) is 0 Å². The largest absolute Gasteiger partial charge is 0.423 e. The van der Waals surface area contributed by atoms with Crippen LogP contribution in [0.5, 0.6) is 0 Å². The van der Waals surface area contributed by atoms with Crippen LogP contribution in [-0.2, 0) is 0 Å². The molecule has 0 spiro atoms. The van der Waals surface area contributed by atoms with Gasteiger partial charge in [-0.05, 0) is 24.6 Å². The Balaban J connectivity index is 2.94. The lowest BCUT2D eigenvalue weighted by Gasteiger charge is -1.97. The van der Waals surface area contributed by atoms with Crippen molar-refractivity contribution >= 4 is 13.8 Å². The molecule has 1 rings (SSSR count). The molecular weight excluding hydrogens is 111 g/mol. The predicted octanol–water partition coefficient (Wildman–Crippen LogP) is 0.885. The van der Waals surface area contributed by atoms with E-state index in [2.05, 4.69) is 10.2 Å². The Morgan fingerprint density at radius 3 is 2.89 bits per heavy atom. The lowest BCUT2D eigenvalue weighted by Crippen LogP contribution is -1.92. The molecule has 0 aliphatic rings. The Labute approximate surface area is 55.7 Å². The van der Waals surface area contributed by atoms with Gasteiger partial charge in [0.15, 0.2) is 0 Å². The minimum absolute atomic E-state index is 0.704. The summed E-state index contributed by atoms with van der Waals surface area (Å²) in [4.78, 5) is 3.92. The zero-order chi connectivity index (χ0) is 6.69. The highest BCUT2D eigenvalue weighted by Gasteiger charge is 1.86. The summed E-state index contributed by atoms with van der Waals surface area (Å²) in [6, 6.07) is 3.79. The van der Waals surface area contributed by atoms with E-state index in [1.165, 1.54) is 0 Å². The van der Waals surface area contributed by atoms with Crippen molar-refractivity contribution in [3.63, 3.8) is 0 Å². The van der Waals surface area contributed by atoms with Gasteiger partial charge in [-0.2, -0.15) is 0 Å². The zero-order valence-electron chi connectivity index (χ0n) is 5.26. The number of nitrogens with one attached hydrogen (secondary N) is 1. The summed E-state index contributed by atoms with van der Waals surface area (Å²) in [5.41, 5.74) is 1.15. The molecule has 0 saturated carbocycles. The van der Waals surface area contributed by atoms with Gasteiger partial charge >= 0.3 is 0 Å². The van der Waals surface area contributed by atoms with Crippen LogP contribution in [0.25, 0.3) is 0 Å². The quantitative estimate of drug-likeness (QED) is 0.553. The molecule has 0 amide bonds. The zero-order valence-corrected chi connectivity index (χ0v) is 5.26. The number of hydrogen-bond donors (Lipinski definition) is 1. The molecule has 1 N–H and O–H groups in total. The van der Waals surface area contributed by atoms with Crippen molar-refractivity contribution in [1.29, 1.82) is 0 Å². The monoisotopic (exact) mass is 118 g/mol. The Morgan fingerprint density at radius 1 is 1.67 bits per heavy atom. The average molecular weight is 118 g/mol. The molecule has 0 fully saturated rings. The standard InChI is InChI=1S/C6H7BN2/c1-5-2-3-8-6(4-5)9-7/h2-4H,1H3,(H,8,9). The van der Waals surface area contributed by atoms with E-state index in [0.29, 0.717) is 5.82 Å². The second kappa shape index (κ2) is 2.53. The second-order valence-electron chi connectivity index (χ2n) is 1.86. The molecule has 0 bridgehead atoms. The first-order valence-corrected chi connectivity index (χ1v) is 2.72. The van der Waals surface area contributed by atoms with E-state index in [1.807, 2.05) is 19.1 Å². The fourth-order valence-corrected chi connectivity index (χ4v) is 0.615. The highest BCUT2D eigenvalue weighted by molar-refractivity contribution is 6.15. The van der Waals surface area contributed by atoms with Crippen LogP contribution in [0.15, 0.2) is 18.3 Å². The molecule has 2 nitrogen and oxygen atoms in total. The fraction of sp³-hybridized carbons (Fsp3) is 0.167. The van der Waals surface area contributed by atoms with Gasteiger partial charge in [0, 0.05) is 6.20 Å². The van der Waals surface area contributed by atoms with Gasteiger partial charge in [-0.25, -0.2) is 4.98 Å². The van der Waals surface area contributed by atoms with Gasteiger partial charge in [-0.1, -0.05) is 0 Å². The van der Waals surface area contributed by atoms with E-state index in [9.17, 15) is 0 Å². The van der Waals surface area contributed by atoms with Crippen LogP contribution in [0.1, 0.15) is 5.56 Å². The summed E-state index contributed by atoms with van der Waals surface area (Å²) in [6.45, 7) is 1.99. The molecule has 1 aromatic rings. The molecule has 0 unspecified atom stereocenters. The van der Waals surface area contributed by atoms with Crippen molar-refractivity contribution in [3.8, 4) is 0 Å². The van der Waals surface area contributed by atoms with Crippen LogP contribution in [0, 0.1) is 6.92 Å². The summed E-state index contributed by atoms with van der Waals surface area (Å²) in [5, 5.41) is 2.46. The smallest absolute Gasteiger partial charge is 0.224 e. The summed E-state index contributed by atoms with van der Waals surface area (Å²) in [5.74, 6) is 0.704. The van der Waals surface area contributed by atoms with E-state index >= 15 is 0 Å². The first-order valence-electron chi connectivity index (χ1n) is 2.72. The molecule has 0 aliphatic carbocycles. The van der Waals surface area contributed by atoms with Gasteiger partial charge in [0.2, 0.25) is 7.98 Å². The number of nitrogens with zero attached hydrogens (tertiary/aromatic N) is 1. The normalized spacial score (nSPS) is 9.00. The molecule has 3 heteroatoms. The maximum Gasteiger partial charge on any atom is 0.224 e. The van der Waals surface area contributed by atoms with Crippen molar-refractivity contribution in [3.05, 3.63) is 23.9 Å².